The standard InChI is InChI=1S/C12H8F2N4O2/c13-8-2-1-7(5-9(8)14)11(19)17-18-12(20)10-6-15-3-4-16-10/h1-6H,(H,17,19)(H,18,20). The highest BCUT2D eigenvalue weighted by atomic mass is 19.2. The molecule has 102 valence electrons. The summed E-state index contributed by atoms with van der Waals surface area (Å²) in [7, 11) is 0. The summed E-state index contributed by atoms with van der Waals surface area (Å²) in [5, 5.41) is 0. The Morgan fingerprint density at radius 3 is 2.40 bits per heavy atom. The first kappa shape index (κ1) is 13.5. The summed E-state index contributed by atoms with van der Waals surface area (Å²) in [6.07, 6.45) is 3.90. The predicted octanol–water partition coefficient (Wildman–Crippen LogP) is 0.830. The van der Waals surface area contributed by atoms with Crippen molar-refractivity contribution in [2.24, 2.45) is 0 Å². The number of rotatable bonds is 2. The molecule has 0 aliphatic rings. The summed E-state index contributed by atoms with van der Waals surface area (Å²) in [4.78, 5) is 30.5. The van der Waals surface area contributed by atoms with Gasteiger partial charge in [-0.3, -0.25) is 25.4 Å². The van der Waals surface area contributed by atoms with Gasteiger partial charge in [-0.25, -0.2) is 13.8 Å². The van der Waals surface area contributed by atoms with Gasteiger partial charge >= 0.3 is 0 Å². The van der Waals surface area contributed by atoms with Crippen molar-refractivity contribution < 1.29 is 18.4 Å². The highest BCUT2D eigenvalue weighted by molar-refractivity contribution is 5.98. The molecule has 1 heterocycles. The lowest BCUT2D eigenvalue weighted by atomic mass is 10.2. The molecule has 0 radical (unpaired) electrons. The number of amides is 2. The van der Waals surface area contributed by atoms with Crippen LogP contribution in [0.3, 0.4) is 0 Å². The van der Waals surface area contributed by atoms with E-state index >= 15 is 0 Å². The van der Waals surface area contributed by atoms with Gasteiger partial charge in [0.25, 0.3) is 11.8 Å². The first-order valence-electron chi connectivity index (χ1n) is 5.39. The normalized spacial score (nSPS) is 9.90. The van der Waals surface area contributed by atoms with Gasteiger partial charge < -0.3 is 0 Å². The molecular formula is C12H8F2N4O2. The van der Waals surface area contributed by atoms with Crippen LogP contribution in [0.4, 0.5) is 8.78 Å². The Morgan fingerprint density at radius 2 is 1.75 bits per heavy atom. The van der Waals surface area contributed by atoms with Gasteiger partial charge in [0, 0.05) is 18.0 Å². The van der Waals surface area contributed by atoms with E-state index in [-0.39, 0.29) is 11.3 Å². The average Bonchev–Trinajstić information content (AvgIpc) is 2.48. The second-order valence-electron chi connectivity index (χ2n) is 3.63. The zero-order valence-electron chi connectivity index (χ0n) is 9.93. The van der Waals surface area contributed by atoms with Crippen molar-refractivity contribution in [1.82, 2.24) is 20.8 Å². The molecule has 8 heteroatoms. The summed E-state index contributed by atoms with van der Waals surface area (Å²) < 4.78 is 25.6. The largest absolute Gasteiger partial charge is 0.289 e. The molecule has 2 aromatic rings. The molecule has 6 nitrogen and oxygen atoms in total. The van der Waals surface area contributed by atoms with E-state index in [1.54, 1.807) is 0 Å². The van der Waals surface area contributed by atoms with Crippen LogP contribution in [-0.2, 0) is 0 Å². The monoisotopic (exact) mass is 278 g/mol. The van der Waals surface area contributed by atoms with E-state index < -0.39 is 23.4 Å². The maximum Gasteiger partial charge on any atom is 0.289 e. The molecule has 1 aromatic heterocycles. The van der Waals surface area contributed by atoms with Crippen LogP contribution in [0.2, 0.25) is 0 Å². The number of carbonyl (C=O) groups excluding carboxylic acids is 2. The van der Waals surface area contributed by atoms with Crippen molar-refractivity contribution in [2.75, 3.05) is 0 Å². The maximum atomic E-state index is 12.9. The third-order valence-electron chi connectivity index (χ3n) is 2.27. The van der Waals surface area contributed by atoms with Crippen LogP contribution in [0.5, 0.6) is 0 Å². The Bertz CT molecular complexity index is 649. The molecule has 2 rings (SSSR count). The zero-order chi connectivity index (χ0) is 14.5. The van der Waals surface area contributed by atoms with Gasteiger partial charge in [-0.1, -0.05) is 0 Å². The minimum atomic E-state index is -1.15. The molecule has 0 saturated heterocycles. The molecule has 0 fully saturated rings. The van der Waals surface area contributed by atoms with E-state index in [4.69, 9.17) is 0 Å². The Balaban J connectivity index is 1.98. The fourth-order valence-electron chi connectivity index (χ4n) is 1.30. The van der Waals surface area contributed by atoms with Gasteiger partial charge in [0.1, 0.15) is 5.69 Å². The summed E-state index contributed by atoms with van der Waals surface area (Å²) in [5.74, 6) is -3.70. The number of benzene rings is 1. The van der Waals surface area contributed by atoms with Gasteiger partial charge in [0.2, 0.25) is 0 Å². The van der Waals surface area contributed by atoms with Crippen LogP contribution >= 0.6 is 0 Å². The van der Waals surface area contributed by atoms with Gasteiger partial charge in [-0.2, -0.15) is 0 Å². The Morgan fingerprint density at radius 1 is 1.00 bits per heavy atom. The second kappa shape index (κ2) is 5.83. The lowest BCUT2D eigenvalue weighted by molar-refractivity contribution is 0.0843. The fourth-order valence-corrected chi connectivity index (χ4v) is 1.30. The zero-order valence-corrected chi connectivity index (χ0v) is 9.93. The number of carbonyl (C=O) groups is 2. The van der Waals surface area contributed by atoms with E-state index in [1.165, 1.54) is 18.6 Å². The summed E-state index contributed by atoms with van der Waals surface area (Å²) >= 11 is 0. The number of nitrogens with one attached hydrogen (secondary N) is 2. The molecule has 0 unspecified atom stereocenters. The van der Waals surface area contributed by atoms with E-state index in [9.17, 15) is 18.4 Å². The third kappa shape index (κ3) is 3.10. The van der Waals surface area contributed by atoms with E-state index in [0.717, 1.165) is 18.2 Å². The van der Waals surface area contributed by atoms with Crippen LogP contribution in [-0.4, -0.2) is 21.8 Å². The van der Waals surface area contributed by atoms with Gasteiger partial charge in [-0.05, 0) is 18.2 Å². The Labute approximate surface area is 111 Å². The average molecular weight is 278 g/mol. The number of hydrogen-bond acceptors (Lipinski definition) is 4. The van der Waals surface area contributed by atoms with Crippen molar-refractivity contribution in [2.45, 2.75) is 0 Å². The molecule has 2 amide bonds. The van der Waals surface area contributed by atoms with Crippen LogP contribution < -0.4 is 10.9 Å². The minimum Gasteiger partial charge on any atom is -0.267 e. The molecular weight excluding hydrogens is 270 g/mol. The first-order chi connectivity index (χ1) is 9.58. The topological polar surface area (TPSA) is 84.0 Å². The Hall–Kier alpha value is -2.90. The van der Waals surface area contributed by atoms with Crippen molar-refractivity contribution in [3.63, 3.8) is 0 Å². The third-order valence-corrected chi connectivity index (χ3v) is 2.27. The SMILES string of the molecule is O=C(NNC(=O)c1cnccn1)c1ccc(F)c(F)c1. The lowest BCUT2D eigenvalue weighted by Crippen LogP contribution is -2.42. The van der Waals surface area contributed by atoms with Crippen LogP contribution in [0.15, 0.2) is 36.8 Å². The van der Waals surface area contributed by atoms with Crippen molar-refractivity contribution in [3.05, 3.63) is 59.7 Å². The van der Waals surface area contributed by atoms with E-state index in [0.29, 0.717) is 0 Å². The number of hydrazine groups is 1. The number of halogens is 2. The predicted molar refractivity (Wildman–Crippen MR) is 63.3 cm³/mol. The molecule has 0 aliphatic heterocycles. The van der Waals surface area contributed by atoms with Gasteiger partial charge in [0.05, 0.1) is 6.20 Å². The molecule has 2 N–H and O–H groups in total. The number of aromatic nitrogens is 2. The summed E-state index contributed by atoms with van der Waals surface area (Å²) in [6.45, 7) is 0. The van der Waals surface area contributed by atoms with Crippen LogP contribution in [0, 0.1) is 11.6 Å². The maximum absolute atomic E-state index is 12.9. The van der Waals surface area contributed by atoms with E-state index in [2.05, 4.69) is 15.4 Å². The quantitative estimate of drug-likeness (QED) is 0.797. The Kier molecular flexibility index (Phi) is 3.94. The van der Waals surface area contributed by atoms with Gasteiger partial charge in [0.15, 0.2) is 11.6 Å². The molecule has 20 heavy (non-hydrogen) atoms. The fraction of sp³-hybridized carbons (Fsp3) is 0. The first-order valence-corrected chi connectivity index (χ1v) is 5.39. The van der Waals surface area contributed by atoms with E-state index in [1.807, 2.05) is 5.43 Å². The summed E-state index contributed by atoms with van der Waals surface area (Å²) in [5.41, 5.74) is 3.99. The van der Waals surface area contributed by atoms with Crippen molar-refractivity contribution in [3.8, 4) is 0 Å². The number of hydrogen-bond donors (Lipinski definition) is 2. The van der Waals surface area contributed by atoms with Crippen molar-refractivity contribution >= 4 is 11.8 Å². The number of nitrogens with zero attached hydrogens (tertiary/aromatic N) is 2. The molecule has 0 spiro atoms. The highest BCUT2D eigenvalue weighted by Gasteiger charge is 2.12. The molecule has 0 atom stereocenters. The van der Waals surface area contributed by atoms with Crippen LogP contribution in [0.25, 0.3) is 0 Å². The van der Waals surface area contributed by atoms with Gasteiger partial charge in [-0.15, -0.1) is 0 Å². The molecule has 1 aromatic carbocycles. The second-order valence-corrected chi connectivity index (χ2v) is 3.63. The molecule has 0 saturated carbocycles. The smallest absolute Gasteiger partial charge is 0.267 e. The minimum absolute atomic E-state index is 0.00177. The summed E-state index contributed by atoms with van der Waals surface area (Å²) in [6, 6.07) is 2.62. The van der Waals surface area contributed by atoms with Crippen LogP contribution in [0.1, 0.15) is 20.8 Å². The molecule has 0 bridgehead atoms. The highest BCUT2D eigenvalue weighted by Crippen LogP contribution is 2.08. The lowest BCUT2D eigenvalue weighted by Gasteiger charge is -2.06. The van der Waals surface area contributed by atoms with Crippen molar-refractivity contribution in [1.29, 1.82) is 0 Å². The molecule has 0 aliphatic carbocycles.